The molecule has 2 atom stereocenters. The first-order valence-corrected chi connectivity index (χ1v) is 8.46. The summed E-state index contributed by atoms with van der Waals surface area (Å²) in [6, 6.07) is 7.87. The highest BCUT2D eigenvalue weighted by atomic mass is 19.1. The second kappa shape index (κ2) is 7.65. The third-order valence-electron chi connectivity index (χ3n) is 4.22. The van der Waals surface area contributed by atoms with E-state index in [1.54, 1.807) is 6.07 Å². The maximum atomic E-state index is 14.6. The van der Waals surface area contributed by atoms with Crippen LogP contribution < -0.4 is 10.2 Å². The van der Waals surface area contributed by atoms with Crippen molar-refractivity contribution in [2.24, 2.45) is 0 Å². The summed E-state index contributed by atoms with van der Waals surface area (Å²) in [7, 11) is 0. The van der Waals surface area contributed by atoms with E-state index in [4.69, 9.17) is 4.74 Å². The topological polar surface area (TPSA) is 80.5 Å². The van der Waals surface area contributed by atoms with Crippen LogP contribution in [0.2, 0.25) is 0 Å². The summed E-state index contributed by atoms with van der Waals surface area (Å²) in [4.78, 5) is 16.5. The number of nitrogens with zero attached hydrogens (tertiary/aromatic N) is 3. The van der Waals surface area contributed by atoms with E-state index in [-0.39, 0.29) is 36.1 Å². The third kappa shape index (κ3) is 4.08. The largest absolute Gasteiger partial charge is 0.372 e. The van der Waals surface area contributed by atoms with Crippen molar-refractivity contribution in [2.45, 2.75) is 32.6 Å². The first kappa shape index (κ1) is 18.1. The van der Waals surface area contributed by atoms with Gasteiger partial charge in [0.15, 0.2) is 0 Å². The zero-order valence-corrected chi connectivity index (χ0v) is 14.7. The van der Waals surface area contributed by atoms with Gasteiger partial charge in [-0.1, -0.05) is 6.07 Å². The van der Waals surface area contributed by atoms with Gasteiger partial charge in [0.05, 0.1) is 22.8 Å². The molecule has 1 fully saturated rings. The molecule has 2 heterocycles. The van der Waals surface area contributed by atoms with E-state index < -0.39 is 4.92 Å². The quantitative estimate of drug-likeness (QED) is 0.650. The second-order valence-electron chi connectivity index (χ2n) is 6.43. The number of nitro groups is 1. The van der Waals surface area contributed by atoms with Crippen LogP contribution in [-0.2, 0) is 11.3 Å². The molecule has 8 heteroatoms. The Morgan fingerprint density at radius 3 is 2.73 bits per heavy atom. The Kier molecular flexibility index (Phi) is 5.32. The predicted molar refractivity (Wildman–Crippen MR) is 96.8 cm³/mol. The van der Waals surface area contributed by atoms with Crippen molar-refractivity contribution in [2.75, 3.05) is 23.3 Å². The van der Waals surface area contributed by atoms with Crippen LogP contribution in [0.4, 0.5) is 21.6 Å². The minimum atomic E-state index is -0.500. The Bertz CT molecular complexity index is 792. The summed E-state index contributed by atoms with van der Waals surface area (Å²) < 4.78 is 20.3. The summed E-state index contributed by atoms with van der Waals surface area (Å²) in [6.07, 6.45) is 1.56. The van der Waals surface area contributed by atoms with Gasteiger partial charge in [0.1, 0.15) is 5.82 Å². The van der Waals surface area contributed by atoms with Gasteiger partial charge in [-0.05, 0) is 37.6 Å². The van der Waals surface area contributed by atoms with Gasteiger partial charge in [-0.3, -0.25) is 10.1 Å². The highest BCUT2D eigenvalue weighted by molar-refractivity contribution is 5.56. The van der Waals surface area contributed by atoms with Crippen LogP contribution in [0, 0.1) is 15.9 Å². The minimum absolute atomic E-state index is 0.0456. The van der Waals surface area contributed by atoms with E-state index in [0.717, 1.165) is 0 Å². The molecular formula is C18H21FN4O3. The molecule has 0 bridgehead atoms. The Balaban J connectivity index is 1.71. The number of anilines is 2. The Morgan fingerprint density at radius 1 is 1.35 bits per heavy atom. The van der Waals surface area contributed by atoms with E-state index in [9.17, 15) is 14.5 Å². The number of halogens is 1. The zero-order chi connectivity index (χ0) is 18.7. The molecule has 1 saturated heterocycles. The Morgan fingerprint density at radius 2 is 2.08 bits per heavy atom. The lowest BCUT2D eigenvalue weighted by Gasteiger charge is -2.37. The standard InChI is InChI=1S/C18H21FN4O3/c1-12-10-22(11-13(2)26-12)16-6-5-14(8-15(16)19)9-21-18-17(23(24)25)4-3-7-20-18/h3-8,12-13H,9-11H2,1-2H3,(H,20,21)/t12-,13+. The van der Waals surface area contributed by atoms with Gasteiger partial charge in [0.25, 0.3) is 0 Å². The van der Waals surface area contributed by atoms with Crippen molar-refractivity contribution in [1.82, 2.24) is 4.98 Å². The minimum Gasteiger partial charge on any atom is -0.372 e. The molecule has 0 unspecified atom stereocenters. The lowest BCUT2D eigenvalue weighted by molar-refractivity contribution is -0.384. The molecule has 1 aromatic heterocycles. The summed E-state index contributed by atoms with van der Waals surface area (Å²) in [5.74, 6) is -0.154. The molecule has 1 aliphatic heterocycles. The molecule has 0 spiro atoms. The Labute approximate surface area is 150 Å². The van der Waals surface area contributed by atoms with E-state index in [0.29, 0.717) is 24.3 Å². The predicted octanol–water partition coefficient (Wildman–Crippen LogP) is 3.35. The molecule has 138 valence electrons. The van der Waals surface area contributed by atoms with Crippen molar-refractivity contribution in [3.8, 4) is 0 Å². The highest BCUT2D eigenvalue weighted by Gasteiger charge is 2.24. The molecule has 1 aliphatic rings. The van der Waals surface area contributed by atoms with Crippen LogP contribution in [0.3, 0.4) is 0 Å². The average Bonchev–Trinajstić information content (AvgIpc) is 2.59. The van der Waals surface area contributed by atoms with E-state index in [1.165, 1.54) is 24.4 Å². The van der Waals surface area contributed by atoms with Gasteiger partial charge in [-0.25, -0.2) is 9.37 Å². The van der Waals surface area contributed by atoms with Crippen molar-refractivity contribution in [3.05, 3.63) is 58.0 Å². The first-order valence-electron chi connectivity index (χ1n) is 8.46. The SMILES string of the molecule is C[C@@H]1CN(c2ccc(CNc3ncccc3[N+](=O)[O-])cc2F)C[C@H](C)O1. The monoisotopic (exact) mass is 360 g/mol. The van der Waals surface area contributed by atoms with Gasteiger partial charge in [0, 0.05) is 31.9 Å². The average molecular weight is 360 g/mol. The molecule has 7 nitrogen and oxygen atoms in total. The van der Waals surface area contributed by atoms with Crippen molar-refractivity contribution < 1.29 is 14.1 Å². The van der Waals surface area contributed by atoms with Gasteiger partial charge in [-0.15, -0.1) is 0 Å². The van der Waals surface area contributed by atoms with E-state index in [2.05, 4.69) is 10.3 Å². The normalized spacial score (nSPS) is 20.0. The number of morpholine rings is 1. The molecule has 0 saturated carbocycles. The van der Waals surface area contributed by atoms with Gasteiger partial charge in [0.2, 0.25) is 5.82 Å². The fourth-order valence-corrected chi connectivity index (χ4v) is 3.16. The summed E-state index contributed by atoms with van der Waals surface area (Å²) >= 11 is 0. The molecular weight excluding hydrogens is 339 g/mol. The second-order valence-corrected chi connectivity index (χ2v) is 6.43. The molecule has 2 aromatic rings. The Hall–Kier alpha value is -2.74. The fraction of sp³-hybridized carbons (Fsp3) is 0.389. The number of hydrogen-bond donors (Lipinski definition) is 1. The first-order chi connectivity index (χ1) is 12.4. The van der Waals surface area contributed by atoms with E-state index >= 15 is 0 Å². The fourth-order valence-electron chi connectivity index (χ4n) is 3.16. The summed E-state index contributed by atoms with van der Waals surface area (Å²) in [5.41, 5.74) is 1.11. The number of hydrogen-bond acceptors (Lipinski definition) is 6. The van der Waals surface area contributed by atoms with Crippen molar-refractivity contribution in [1.29, 1.82) is 0 Å². The van der Waals surface area contributed by atoms with Crippen LogP contribution >= 0.6 is 0 Å². The molecule has 0 aliphatic carbocycles. The molecule has 1 N–H and O–H groups in total. The number of ether oxygens (including phenoxy) is 1. The smallest absolute Gasteiger partial charge is 0.311 e. The van der Waals surface area contributed by atoms with Crippen LogP contribution in [-0.4, -0.2) is 35.2 Å². The number of rotatable bonds is 5. The van der Waals surface area contributed by atoms with Crippen molar-refractivity contribution in [3.63, 3.8) is 0 Å². The summed E-state index contributed by atoms with van der Waals surface area (Å²) in [5, 5.41) is 13.9. The molecule has 26 heavy (non-hydrogen) atoms. The van der Waals surface area contributed by atoms with Crippen LogP contribution in [0.15, 0.2) is 36.5 Å². The number of aromatic nitrogens is 1. The maximum Gasteiger partial charge on any atom is 0.311 e. The molecule has 0 amide bonds. The van der Waals surface area contributed by atoms with Gasteiger partial charge in [-0.2, -0.15) is 0 Å². The van der Waals surface area contributed by atoms with Gasteiger partial charge >= 0.3 is 5.69 Å². The van der Waals surface area contributed by atoms with E-state index in [1.807, 2.05) is 24.8 Å². The van der Waals surface area contributed by atoms with Crippen molar-refractivity contribution >= 4 is 17.2 Å². The number of benzene rings is 1. The maximum absolute atomic E-state index is 14.6. The molecule has 1 aromatic carbocycles. The highest BCUT2D eigenvalue weighted by Crippen LogP contribution is 2.26. The molecule has 0 radical (unpaired) electrons. The lowest BCUT2D eigenvalue weighted by atomic mass is 10.1. The van der Waals surface area contributed by atoms with Gasteiger partial charge < -0.3 is 15.0 Å². The van der Waals surface area contributed by atoms with Crippen LogP contribution in [0.5, 0.6) is 0 Å². The lowest BCUT2D eigenvalue weighted by Crippen LogP contribution is -2.45. The molecule has 3 rings (SSSR count). The number of nitrogens with one attached hydrogen (secondary N) is 1. The third-order valence-corrected chi connectivity index (χ3v) is 4.22. The summed E-state index contributed by atoms with van der Waals surface area (Å²) in [6.45, 7) is 5.46. The number of pyridine rings is 1. The van der Waals surface area contributed by atoms with Crippen LogP contribution in [0.1, 0.15) is 19.4 Å². The van der Waals surface area contributed by atoms with Crippen LogP contribution in [0.25, 0.3) is 0 Å². The zero-order valence-electron chi connectivity index (χ0n) is 14.7.